The monoisotopic (exact) mass is 1560 g/mol. The van der Waals surface area contributed by atoms with Crippen LogP contribution in [0.2, 0.25) is 0 Å². The molecule has 0 saturated carbocycles. The second-order valence-corrected chi connectivity index (χ2v) is 31.1. The van der Waals surface area contributed by atoms with Crippen LogP contribution in [0.5, 0.6) is 0 Å². The zero-order valence-corrected chi connectivity index (χ0v) is 65.5. The minimum Gasteiger partial charge on any atom is -0.309 e. The van der Waals surface area contributed by atoms with Gasteiger partial charge >= 0.3 is 0 Å². The lowest BCUT2D eigenvalue weighted by molar-refractivity contribution is 1.05. The fraction of sp³-hybridized carbons (Fsp3) is 0. The highest BCUT2D eigenvalue weighted by atomic mass is 16.1. The molecule has 0 aliphatic heterocycles. The fourth-order valence-corrected chi connectivity index (χ4v) is 19.0. The number of nitrogens with zero attached hydrogens (tertiary/aromatic N) is 10. The molecule has 12 heteroatoms. The Labute approximate surface area is 697 Å². The van der Waals surface area contributed by atoms with Gasteiger partial charge in [-0.2, -0.15) is 0 Å². The highest BCUT2D eigenvalue weighted by Gasteiger charge is 2.27. The number of para-hydroxylation sites is 7. The van der Waals surface area contributed by atoms with E-state index in [1.54, 1.807) is 21.5 Å². The number of pyridine rings is 6. The molecule has 0 aliphatic carbocycles. The molecule has 10 aromatic heterocycles. The number of rotatable bonds is 10. The Hall–Kier alpha value is -16.7. The van der Waals surface area contributed by atoms with Crippen molar-refractivity contribution in [2.45, 2.75) is 0 Å². The summed E-state index contributed by atoms with van der Waals surface area (Å²) in [5.41, 5.74) is 22.8. The van der Waals surface area contributed by atoms with Crippen LogP contribution in [0.3, 0.4) is 0 Å². The zero-order chi connectivity index (χ0) is 80.6. The van der Waals surface area contributed by atoms with Gasteiger partial charge in [0, 0.05) is 106 Å². The molecular weight excluding hydrogens is 1490 g/mol. The van der Waals surface area contributed by atoms with Crippen molar-refractivity contribution in [2.24, 2.45) is 0 Å². The van der Waals surface area contributed by atoms with E-state index in [1.165, 1.54) is 54.4 Å². The van der Waals surface area contributed by atoms with Gasteiger partial charge in [-0.3, -0.25) is 37.8 Å². The normalized spacial score (nSPS) is 11.8. The summed E-state index contributed by atoms with van der Waals surface area (Å²) in [5, 5.41) is 14.4. The highest BCUT2D eigenvalue weighted by molar-refractivity contribution is 6.21. The second-order valence-electron chi connectivity index (χ2n) is 31.1. The maximum atomic E-state index is 14.9. The van der Waals surface area contributed by atoms with Crippen molar-refractivity contribution >= 4 is 142 Å². The Balaban J connectivity index is 0.000000138. The average Bonchev–Trinajstić information content (AvgIpc) is 1.41. The van der Waals surface area contributed by atoms with Gasteiger partial charge < -0.3 is 9.13 Å². The van der Waals surface area contributed by atoms with Crippen LogP contribution in [0, 0.1) is 0 Å². The van der Waals surface area contributed by atoms with E-state index in [0.29, 0.717) is 33.8 Å². The molecule has 15 aromatic carbocycles. The lowest BCUT2D eigenvalue weighted by Crippen LogP contribution is -2.21. The van der Waals surface area contributed by atoms with Gasteiger partial charge in [-0.1, -0.05) is 249 Å². The summed E-state index contributed by atoms with van der Waals surface area (Å²) in [7, 11) is 0. The van der Waals surface area contributed by atoms with Crippen LogP contribution in [0.25, 0.3) is 221 Å². The minimum absolute atomic E-state index is 0.139. The maximum Gasteiger partial charge on any atom is 0.265 e. The van der Waals surface area contributed by atoms with Crippen molar-refractivity contribution in [2.75, 3.05) is 0 Å². The van der Waals surface area contributed by atoms with Crippen LogP contribution in [-0.4, -0.2) is 47.3 Å². The first kappa shape index (κ1) is 69.6. The standard InChI is InChI=1S/C57H35N5O.C53H33N5O/c63-57-53-47(55-51(25-14-32-58-55)61(57)41-20-8-3-9-21-41)35-52(59-54(53)37-16-4-1-5-17-37)62-48-24-13-12-23-43(48)45-33-38(28-31-50(45)62)39-27-30-49-46(34-39)44-29-26-36-15-10-11-22-42(36)56(44)60(49)40-18-6-2-7-19-40;59-53-50-43(52-48(25-14-30-54-52)57(53)38-19-8-3-9-20-38)33-49(55-51(50)34-15-4-1-5-16-34)58-45-24-13-11-22-40(45)42-32-36(27-29-47(42)58)35-26-28-46-41(31-35)39-21-10-12-23-44(39)56(46)37-17-6-2-7-18-37/h1-35H;1-33H. The third-order valence-corrected chi connectivity index (χ3v) is 24.4. The molecule has 25 rings (SSSR count). The Morgan fingerprint density at radius 1 is 0.197 bits per heavy atom. The lowest BCUT2D eigenvalue weighted by Gasteiger charge is -2.17. The van der Waals surface area contributed by atoms with Gasteiger partial charge in [-0.05, 0) is 179 Å². The number of hydrogen-bond donors (Lipinski definition) is 0. The van der Waals surface area contributed by atoms with Gasteiger partial charge in [0.2, 0.25) is 0 Å². The van der Waals surface area contributed by atoms with Crippen LogP contribution in [0.4, 0.5) is 0 Å². The summed E-state index contributed by atoms with van der Waals surface area (Å²) in [6, 6.07) is 139. The van der Waals surface area contributed by atoms with E-state index in [1.807, 2.05) is 158 Å². The largest absolute Gasteiger partial charge is 0.309 e. The third kappa shape index (κ3) is 10.9. The molecular formula is C110H68N10O2. The van der Waals surface area contributed by atoms with Gasteiger partial charge in [0.15, 0.2) is 0 Å². The van der Waals surface area contributed by atoms with Crippen molar-refractivity contribution in [1.29, 1.82) is 0 Å². The third-order valence-electron chi connectivity index (χ3n) is 24.4. The first-order valence-electron chi connectivity index (χ1n) is 41.0. The molecule has 12 nitrogen and oxygen atoms in total. The number of aromatic nitrogens is 10. The predicted octanol–water partition coefficient (Wildman–Crippen LogP) is 26.1. The molecule has 0 bridgehead atoms. The average molecular weight is 1560 g/mol. The Morgan fingerprint density at radius 3 is 0.926 bits per heavy atom. The molecule has 0 amide bonds. The summed E-state index contributed by atoms with van der Waals surface area (Å²) in [5.74, 6) is 1.43. The molecule has 10 heterocycles. The minimum atomic E-state index is -0.140. The second kappa shape index (κ2) is 28.0. The van der Waals surface area contributed by atoms with Crippen molar-refractivity contribution < 1.29 is 0 Å². The Morgan fingerprint density at radius 2 is 0.508 bits per heavy atom. The molecule has 0 unspecified atom stereocenters. The molecule has 0 aliphatic rings. The van der Waals surface area contributed by atoms with Gasteiger partial charge in [0.1, 0.15) is 11.6 Å². The van der Waals surface area contributed by atoms with Crippen molar-refractivity contribution in [3.63, 3.8) is 0 Å². The molecule has 0 radical (unpaired) electrons. The van der Waals surface area contributed by atoms with E-state index in [2.05, 4.69) is 261 Å². The lowest BCUT2D eigenvalue weighted by atomic mass is 10.00. The molecule has 0 saturated heterocycles. The quantitative estimate of drug-likeness (QED) is 0.126. The Kier molecular flexibility index (Phi) is 16.0. The smallest absolute Gasteiger partial charge is 0.265 e. The number of hydrogen-bond acceptors (Lipinski definition) is 6. The van der Waals surface area contributed by atoms with Gasteiger partial charge in [-0.15, -0.1) is 0 Å². The van der Waals surface area contributed by atoms with Crippen LogP contribution >= 0.6 is 0 Å². The molecule has 0 fully saturated rings. The van der Waals surface area contributed by atoms with Crippen LogP contribution < -0.4 is 11.1 Å². The van der Waals surface area contributed by atoms with Gasteiger partial charge in [-0.25, -0.2) is 9.97 Å². The molecule has 0 atom stereocenters. The van der Waals surface area contributed by atoms with Crippen molar-refractivity contribution in [1.82, 2.24) is 47.3 Å². The van der Waals surface area contributed by atoms with Crippen molar-refractivity contribution in [3.05, 3.63) is 433 Å². The van der Waals surface area contributed by atoms with E-state index < -0.39 is 0 Å². The van der Waals surface area contributed by atoms with Crippen LogP contribution in [-0.2, 0) is 0 Å². The first-order chi connectivity index (χ1) is 60.4. The van der Waals surface area contributed by atoms with Gasteiger partial charge in [0.05, 0.1) is 88.4 Å². The first-order valence-corrected chi connectivity index (χ1v) is 41.0. The number of benzene rings is 15. The van der Waals surface area contributed by atoms with E-state index in [0.717, 1.165) is 133 Å². The summed E-state index contributed by atoms with van der Waals surface area (Å²) in [6.07, 6.45) is 3.59. The maximum absolute atomic E-state index is 14.9. The van der Waals surface area contributed by atoms with E-state index in [4.69, 9.17) is 19.9 Å². The summed E-state index contributed by atoms with van der Waals surface area (Å²) < 4.78 is 12.7. The predicted molar refractivity (Wildman–Crippen MR) is 502 cm³/mol. The van der Waals surface area contributed by atoms with Crippen LogP contribution in [0.1, 0.15) is 0 Å². The molecule has 570 valence electrons. The van der Waals surface area contributed by atoms with E-state index >= 15 is 0 Å². The van der Waals surface area contributed by atoms with Crippen molar-refractivity contribution in [3.8, 4) is 79.2 Å². The Bertz CT molecular complexity index is 8740. The summed E-state index contributed by atoms with van der Waals surface area (Å²) in [6.45, 7) is 0. The SMILES string of the molecule is O=c1c2c(-c3ccccc3)nc(-n3c4ccccc4c4cc(-c5ccc6c(c5)c5ccc7ccccc7c5n6-c5ccccc5)ccc43)cc2c2ncccc2n1-c1ccccc1.O=c1c2c(-c3ccccc3)nc(-n3c4ccccc4c4cc(-c5ccc6c(c5)c5ccccc5n6-c5ccccc5)ccc43)cc2c2ncccc2n1-c1ccccc1. The molecule has 0 N–H and O–H groups in total. The zero-order valence-electron chi connectivity index (χ0n) is 65.5. The highest BCUT2D eigenvalue weighted by Crippen LogP contribution is 2.45. The van der Waals surface area contributed by atoms with E-state index in [-0.39, 0.29) is 11.1 Å². The molecule has 0 spiro atoms. The summed E-state index contributed by atoms with van der Waals surface area (Å²) in [4.78, 5) is 50.5. The van der Waals surface area contributed by atoms with E-state index in [9.17, 15) is 9.59 Å². The van der Waals surface area contributed by atoms with Gasteiger partial charge in [0.25, 0.3) is 11.1 Å². The fourth-order valence-electron chi connectivity index (χ4n) is 19.0. The molecule has 122 heavy (non-hydrogen) atoms. The molecule has 25 aromatic rings. The summed E-state index contributed by atoms with van der Waals surface area (Å²) >= 11 is 0. The topological polar surface area (TPSA) is 115 Å². The number of fused-ring (bicyclic) bond motifs is 20. The van der Waals surface area contributed by atoms with Crippen LogP contribution in [0.15, 0.2) is 422 Å².